The second-order valence-corrected chi connectivity index (χ2v) is 17.1. The first kappa shape index (κ1) is 57.4. The van der Waals surface area contributed by atoms with Crippen LogP contribution >= 0.6 is 0 Å². The fraction of sp³-hybridized carbons (Fsp3) is 0.796. The molecule has 6 nitrogen and oxygen atoms in total. The van der Waals surface area contributed by atoms with Crippen LogP contribution in [-0.2, 0) is 28.6 Å². The third-order valence-corrected chi connectivity index (χ3v) is 11.1. The molecule has 0 aromatic heterocycles. The lowest BCUT2D eigenvalue weighted by Crippen LogP contribution is -2.30. The van der Waals surface area contributed by atoms with Crippen LogP contribution in [0, 0.1) is 0 Å². The number of unbranched alkanes of at least 4 members (excludes halogenated alkanes) is 27. The number of hydrogen-bond donors (Lipinski definition) is 0. The molecule has 0 bridgehead atoms. The minimum absolute atomic E-state index is 0.0854. The molecule has 0 N–H and O–H groups in total. The average molecular weight is 841 g/mol. The molecule has 348 valence electrons. The van der Waals surface area contributed by atoms with Crippen molar-refractivity contribution in [3.05, 3.63) is 48.6 Å². The zero-order valence-corrected chi connectivity index (χ0v) is 39.7. The van der Waals surface area contributed by atoms with Crippen LogP contribution in [-0.4, -0.2) is 37.2 Å². The highest BCUT2D eigenvalue weighted by Crippen LogP contribution is 2.16. The molecule has 0 aliphatic carbocycles. The van der Waals surface area contributed by atoms with E-state index in [1.54, 1.807) is 0 Å². The largest absolute Gasteiger partial charge is 0.462 e. The maximum atomic E-state index is 12.7. The highest BCUT2D eigenvalue weighted by Gasteiger charge is 2.19. The van der Waals surface area contributed by atoms with Crippen molar-refractivity contribution in [2.24, 2.45) is 0 Å². The fourth-order valence-electron chi connectivity index (χ4n) is 7.20. The van der Waals surface area contributed by atoms with E-state index in [1.165, 1.54) is 128 Å². The summed E-state index contributed by atoms with van der Waals surface area (Å²) < 4.78 is 16.7. The van der Waals surface area contributed by atoms with Crippen LogP contribution in [0.3, 0.4) is 0 Å². The van der Waals surface area contributed by atoms with E-state index in [0.29, 0.717) is 19.3 Å². The van der Waals surface area contributed by atoms with Gasteiger partial charge in [0.15, 0.2) is 6.10 Å². The number of esters is 3. The summed E-state index contributed by atoms with van der Waals surface area (Å²) in [5, 5.41) is 0. The molecule has 6 heteroatoms. The first-order chi connectivity index (χ1) is 29.5. The van der Waals surface area contributed by atoms with Crippen molar-refractivity contribution in [3.8, 4) is 0 Å². The van der Waals surface area contributed by atoms with E-state index in [9.17, 15) is 14.4 Å². The molecule has 0 amide bonds. The van der Waals surface area contributed by atoms with Crippen LogP contribution in [0.5, 0.6) is 0 Å². The van der Waals surface area contributed by atoms with Crippen molar-refractivity contribution in [3.63, 3.8) is 0 Å². The second-order valence-electron chi connectivity index (χ2n) is 17.1. The van der Waals surface area contributed by atoms with Gasteiger partial charge in [0.05, 0.1) is 0 Å². The van der Waals surface area contributed by atoms with E-state index in [4.69, 9.17) is 14.2 Å². The van der Waals surface area contributed by atoms with E-state index in [1.807, 2.05) is 0 Å². The van der Waals surface area contributed by atoms with Crippen LogP contribution in [0.4, 0.5) is 0 Å². The van der Waals surface area contributed by atoms with Gasteiger partial charge in [0, 0.05) is 19.3 Å². The molecule has 0 spiro atoms. The second kappa shape index (κ2) is 49.0. The molecule has 0 aromatic carbocycles. The van der Waals surface area contributed by atoms with E-state index >= 15 is 0 Å². The van der Waals surface area contributed by atoms with E-state index in [2.05, 4.69) is 69.4 Å². The summed E-state index contributed by atoms with van der Waals surface area (Å²) in [6, 6.07) is 0. The number of allylic oxidation sites excluding steroid dienone is 8. The molecule has 0 rings (SSSR count). The Morgan fingerprint density at radius 3 is 1.10 bits per heavy atom. The van der Waals surface area contributed by atoms with E-state index in [-0.39, 0.29) is 31.1 Å². The summed E-state index contributed by atoms with van der Waals surface area (Å²) in [5.74, 6) is -0.919. The van der Waals surface area contributed by atoms with Gasteiger partial charge in [-0.25, -0.2) is 0 Å². The number of ether oxygens (including phenoxy) is 3. The Morgan fingerprint density at radius 2 is 0.667 bits per heavy atom. The summed E-state index contributed by atoms with van der Waals surface area (Å²) in [7, 11) is 0. The first-order valence-electron chi connectivity index (χ1n) is 25.6. The lowest BCUT2D eigenvalue weighted by Gasteiger charge is -2.18. The van der Waals surface area contributed by atoms with Crippen molar-refractivity contribution < 1.29 is 28.6 Å². The van der Waals surface area contributed by atoms with Crippen molar-refractivity contribution in [1.82, 2.24) is 0 Å². The normalized spacial score (nSPS) is 12.4. The smallest absolute Gasteiger partial charge is 0.306 e. The number of hydrogen-bond acceptors (Lipinski definition) is 6. The third kappa shape index (κ3) is 46.4. The minimum atomic E-state index is -0.787. The van der Waals surface area contributed by atoms with Gasteiger partial charge < -0.3 is 14.2 Å². The first-order valence-corrected chi connectivity index (χ1v) is 25.6. The molecule has 0 aliphatic heterocycles. The maximum Gasteiger partial charge on any atom is 0.306 e. The van der Waals surface area contributed by atoms with Gasteiger partial charge >= 0.3 is 17.9 Å². The van der Waals surface area contributed by atoms with Gasteiger partial charge in [0.25, 0.3) is 0 Å². The SMILES string of the molecule is CC/C=C\C/C=C\C/C=C\CCCCCC(=O)OC(COC(=O)CCCCCCC/C=C\CCCC)COC(=O)CCCCCCCCCCCCCCCCCCCC. The molecular weight excluding hydrogens is 745 g/mol. The molecule has 0 radical (unpaired) electrons. The summed E-state index contributed by atoms with van der Waals surface area (Å²) >= 11 is 0. The zero-order chi connectivity index (χ0) is 43.7. The summed E-state index contributed by atoms with van der Waals surface area (Å²) in [6.07, 6.45) is 58.2. The Labute approximate surface area is 371 Å². The lowest BCUT2D eigenvalue weighted by molar-refractivity contribution is -0.167. The predicted octanol–water partition coefficient (Wildman–Crippen LogP) is 16.7. The summed E-state index contributed by atoms with van der Waals surface area (Å²) in [5.41, 5.74) is 0. The van der Waals surface area contributed by atoms with Crippen LogP contribution in [0.25, 0.3) is 0 Å². The number of carbonyl (C=O) groups is 3. The molecule has 0 saturated carbocycles. The van der Waals surface area contributed by atoms with Crippen LogP contribution in [0.2, 0.25) is 0 Å². The number of rotatable bonds is 46. The van der Waals surface area contributed by atoms with Gasteiger partial charge in [0.1, 0.15) is 13.2 Å². The van der Waals surface area contributed by atoms with Gasteiger partial charge in [-0.3, -0.25) is 14.4 Å². The van der Waals surface area contributed by atoms with Gasteiger partial charge in [-0.1, -0.05) is 217 Å². The standard InChI is InChI=1S/C54H96O6/c1-4-7-10-13-16-19-22-24-25-26-27-28-30-32-35-38-41-44-47-53(56)59-50-51(49-58-52(55)46-43-40-37-34-31-21-18-15-12-9-6-3)60-54(57)48-45-42-39-36-33-29-23-20-17-14-11-8-5-2/h8,11,15,17-18,20,29,33,51H,4-7,9-10,12-14,16,19,21-28,30-32,34-50H2,1-3H3/b11-8-,18-15-,20-17-,33-29-. The Balaban J connectivity index is 4.34. The van der Waals surface area contributed by atoms with Crippen LogP contribution < -0.4 is 0 Å². The minimum Gasteiger partial charge on any atom is -0.462 e. The third-order valence-electron chi connectivity index (χ3n) is 11.1. The highest BCUT2D eigenvalue weighted by atomic mass is 16.6. The molecule has 0 aliphatic rings. The van der Waals surface area contributed by atoms with Gasteiger partial charge in [-0.15, -0.1) is 0 Å². The monoisotopic (exact) mass is 841 g/mol. The van der Waals surface area contributed by atoms with Crippen molar-refractivity contribution in [2.75, 3.05) is 13.2 Å². The van der Waals surface area contributed by atoms with Crippen molar-refractivity contribution >= 4 is 17.9 Å². The summed E-state index contributed by atoms with van der Waals surface area (Å²) in [6.45, 7) is 6.47. The molecule has 0 saturated heterocycles. The van der Waals surface area contributed by atoms with Crippen molar-refractivity contribution in [1.29, 1.82) is 0 Å². The topological polar surface area (TPSA) is 78.9 Å². The molecular formula is C54H96O6. The van der Waals surface area contributed by atoms with E-state index < -0.39 is 6.10 Å². The van der Waals surface area contributed by atoms with E-state index in [0.717, 1.165) is 89.9 Å². The highest BCUT2D eigenvalue weighted by molar-refractivity contribution is 5.71. The molecule has 1 atom stereocenters. The van der Waals surface area contributed by atoms with Crippen molar-refractivity contribution in [2.45, 2.75) is 264 Å². The molecule has 0 aromatic rings. The van der Waals surface area contributed by atoms with Gasteiger partial charge in [0.2, 0.25) is 0 Å². The Hall–Kier alpha value is -2.63. The van der Waals surface area contributed by atoms with Gasteiger partial charge in [-0.2, -0.15) is 0 Å². The lowest BCUT2D eigenvalue weighted by atomic mass is 10.0. The van der Waals surface area contributed by atoms with Crippen LogP contribution in [0.1, 0.15) is 258 Å². The molecule has 0 heterocycles. The quantitative estimate of drug-likeness (QED) is 0.0263. The maximum absolute atomic E-state index is 12.7. The molecule has 0 fully saturated rings. The summed E-state index contributed by atoms with van der Waals surface area (Å²) in [4.78, 5) is 37.9. The molecule has 1 unspecified atom stereocenters. The van der Waals surface area contributed by atoms with Gasteiger partial charge in [-0.05, 0) is 70.6 Å². The number of carbonyl (C=O) groups excluding carboxylic acids is 3. The Bertz CT molecular complexity index is 1060. The Morgan fingerprint density at radius 1 is 0.350 bits per heavy atom. The predicted molar refractivity (Wildman–Crippen MR) is 256 cm³/mol. The zero-order valence-electron chi connectivity index (χ0n) is 39.7. The average Bonchev–Trinajstić information content (AvgIpc) is 3.24. The Kier molecular flexibility index (Phi) is 46.9. The van der Waals surface area contributed by atoms with Crippen LogP contribution in [0.15, 0.2) is 48.6 Å². The fourth-order valence-corrected chi connectivity index (χ4v) is 7.20. The molecule has 60 heavy (non-hydrogen) atoms.